The van der Waals surface area contributed by atoms with Crippen LogP contribution in [-0.4, -0.2) is 38.8 Å². The Balaban J connectivity index is 1.47. The number of nitrogens with zero attached hydrogens (tertiary/aromatic N) is 2. The lowest BCUT2D eigenvalue weighted by Crippen LogP contribution is -2.42. The lowest BCUT2D eigenvalue weighted by molar-refractivity contribution is -0.136. The highest BCUT2D eigenvalue weighted by Gasteiger charge is 2.56. The van der Waals surface area contributed by atoms with Gasteiger partial charge < -0.3 is 25.3 Å². The van der Waals surface area contributed by atoms with Crippen LogP contribution in [0.5, 0.6) is 5.75 Å². The van der Waals surface area contributed by atoms with Crippen molar-refractivity contribution in [2.75, 3.05) is 6.26 Å². The largest absolute Gasteiger partial charge is 0.593 e. The zero-order chi connectivity index (χ0) is 31.7. The molecule has 0 bridgehead atoms. The summed E-state index contributed by atoms with van der Waals surface area (Å²) in [6.07, 6.45) is 18.1. The van der Waals surface area contributed by atoms with E-state index >= 15 is 4.39 Å². The molecule has 0 saturated heterocycles. The average molecular weight is 621 g/mol. The Labute approximate surface area is 255 Å². The standard InChI is InChI=1S/C31H30F2N6O4S/c1-3-6-21(8-5-13-32)38-29(40)31(11-12-31)30(41)39-22-7-4-9-28(24(33)15-22)43-27-10-14-35-26-16-25(36-19-23(26)27)20(17-34)18-37-44(2)42/h3,5-10,13-19,34,37H,4,11-12H2,1-2H3,(H,38,40)(H,39,41)/b6-3-,13-5+,20-18+,21-8+,34-17?. The van der Waals surface area contributed by atoms with E-state index in [1.54, 1.807) is 37.3 Å². The Kier molecular flexibility index (Phi) is 10.6. The molecule has 2 amide bonds. The van der Waals surface area contributed by atoms with Crippen LogP contribution >= 0.6 is 0 Å². The molecular formula is C31H30F2N6O4S. The number of carbonyl (C=O) groups excluding carboxylic acids is 2. The van der Waals surface area contributed by atoms with E-state index in [2.05, 4.69) is 25.3 Å². The molecule has 1 saturated carbocycles. The first-order valence-corrected chi connectivity index (χ1v) is 15.0. The van der Waals surface area contributed by atoms with Gasteiger partial charge >= 0.3 is 0 Å². The highest BCUT2D eigenvalue weighted by Crippen LogP contribution is 2.46. The van der Waals surface area contributed by atoms with Crippen molar-refractivity contribution in [3.63, 3.8) is 0 Å². The summed E-state index contributed by atoms with van der Waals surface area (Å²) in [4.78, 5) is 34.8. The first-order chi connectivity index (χ1) is 21.2. The molecule has 2 aromatic rings. The van der Waals surface area contributed by atoms with Crippen LogP contribution in [0.15, 0.2) is 103 Å². The molecule has 2 aromatic heterocycles. The predicted octanol–water partition coefficient (Wildman–Crippen LogP) is 4.86. The van der Waals surface area contributed by atoms with Gasteiger partial charge in [-0.05, 0) is 62.6 Å². The van der Waals surface area contributed by atoms with Gasteiger partial charge in [-0.2, -0.15) is 0 Å². The third-order valence-electron chi connectivity index (χ3n) is 6.63. The van der Waals surface area contributed by atoms with Crippen LogP contribution in [0.25, 0.3) is 16.5 Å². The van der Waals surface area contributed by atoms with Crippen LogP contribution in [0.1, 0.15) is 31.9 Å². The van der Waals surface area contributed by atoms with Gasteiger partial charge in [0.2, 0.25) is 11.8 Å². The maximum Gasteiger partial charge on any atom is 0.240 e. The van der Waals surface area contributed by atoms with Crippen molar-refractivity contribution in [1.82, 2.24) is 25.3 Å². The number of rotatable bonds is 12. The minimum atomic E-state index is -1.32. The summed E-state index contributed by atoms with van der Waals surface area (Å²) in [5.74, 6) is -1.66. The number of fused-ring (bicyclic) bond motifs is 1. The van der Waals surface area contributed by atoms with Crippen molar-refractivity contribution < 1.29 is 27.7 Å². The fourth-order valence-corrected chi connectivity index (χ4v) is 4.49. The maximum atomic E-state index is 15.4. The van der Waals surface area contributed by atoms with Gasteiger partial charge in [0, 0.05) is 41.7 Å². The van der Waals surface area contributed by atoms with E-state index in [-0.39, 0.29) is 23.6 Å². The molecule has 0 spiro atoms. The summed E-state index contributed by atoms with van der Waals surface area (Å²) in [5, 5.41) is 13.4. The number of carbonyl (C=O) groups is 2. The Bertz CT molecular complexity index is 1670. The highest BCUT2D eigenvalue weighted by molar-refractivity contribution is 7.88. The predicted molar refractivity (Wildman–Crippen MR) is 165 cm³/mol. The molecule has 1 fully saturated rings. The van der Waals surface area contributed by atoms with Gasteiger partial charge in [-0.25, -0.2) is 13.5 Å². The first kappa shape index (κ1) is 32.0. The van der Waals surface area contributed by atoms with Crippen LogP contribution in [0.4, 0.5) is 8.78 Å². The highest BCUT2D eigenvalue weighted by atomic mass is 32.2. The van der Waals surface area contributed by atoms with Gasteiger partial charge in [-0.1, -0.05) is 12.2 Å². The minimum absolute atomic E-state index is 0.0855. The fraction of sp³-hybridized carbons (Fsp3) is 0.194. The summed E-state index contributed by atoms with van der Waals surface area (Å²) in [5.41, 5.74) is 0.442. The average Bonchev–Trinajstić information content (AvgIpc) is 3.83. The van der Waals surface area contributed by atoms with Gasteiger partial charge in [0.05, 0.1) is 40.5 Å². The maximum absolute atomic E-state index is 15.4. The molecule has 0 aromatic carbocycles. The molecule has 4 rings (SSSR count). The molecule has 2 heterocycles. The number of amides is 2. The number of aromatic nitrogens is 2. The summed E-state index contributed by atoms with van der Waals surface area (Å²) < 4.78 is 47.7. The smallest absolute Gasteiger partial charge is 0.240 e. The van der Waals surface area contributed by atoms with Crippen LogP contribution < -0.4 is 20.1 Å². The molecule has 10 nitrogen and oxygen atoms in total. The van der Waals surface area contributed by atoms with E-state index < -0.39 is 34.4 Å². The van der Waals surface area contributed by atoms with E-state index in [1.807, 2.05) is 0 Å². The van der Waals surface area contributed by atoms with Gasteiger partial charge in [0.15, 0.2) is 11.6 Å². The van der Waals surface area contributed by atoms with E-state index in [0.29, 0.717) is 47.0 Å². The zero-order valence-corrected chi connectivity index (χ0v) is 24.7. The monoisotopic (exact) mass is 620 g/mol. The van der Waals surface area contributed by atoms with Crippen molar-refractivity contribution in [2.45, 2.75) is 26.2 Å². The second kappa shape index (κ2) is 14.5. The number of hydrogen-bond acceptors (Lipinski definition) is 8. The Morgan fingerprint density at radius 1 is 1.23 bits per heavy atom. The van der Waals surface area contributed by atoms with Crippen LogP contribution in [-0.2, 0) is 21.0 Å². The number of hydrogen-bond donors (Lipinski definition) is 4. The van der Waals surface area contributed by atoms with E-state index in [1.165, 1.54) is 37.0 Å². The van der Waals surface area contributed by atoms with Crippen molar-refractivity contribution in [3.8, 4) is 5.75 Å². The second-order valence-electron chi connectivity index (χ2n) is 9.70. The molecule has 0 radical (unpaired) electrons. The SMILES string of the molecule is C\C=C/C(=C\C=C\F)NC(=O)C1(C(=O)NC2=CCC=C(Oc3ccnc4cc(/C(C=N)=C/N[S+](C)[O-])ncc34)C(F)=C2)CC1. The Morgan fingerprint density at radius 3 is 2.70 bits per heavy atom. The first-order valence-electron chi connectivity index (χ1n) is 13.4. The summed E-state index contributed by atoms with van der Waals surface area (Å²) >= 11 is -1.32. The molecule has 2 aliphatic rings. The molecule has 228 valence electrons. The number of ether oxygens (including phenoxy) is 1. The summed E-state index contributed by atoms with van der Waals surface area (Å²) in [7, 11) is 0. The van der Waals surface area contributed by atoms with Gasteiger partial charge in [-0.3, -0.25) is 19.6 Å². The van der Waals surface area contributed by atoms with E-state index in [9.17, 15) is 18.5 Å². The van der Waals surface area contributed by atoms with Gasteiger partial charge in [0.25, 0.3) is 0 Å². The number of allylic oxidation sites excluding steroid dienone is 9. The molecular weight excluding hydrogens is 590 g/mol. The van der Waals surface area contributed by atoms with E-state index in [0.717, 1.165) is 18.4 Å². The number of nitrogens with one attached hydrogen (secondary N) is 4. The van der Waals surface area contributed by atoms with Crippen molar-refractivity contribution in [1.29, 1.82) is 5.41 Å². The second-order valence-corrected chi connectivity index (χ2v) is 10.8. The topological polar surface area (TPSA) is 152 Å². The van der Waals surface area contributed by atoms with Gasteiger partial charge in [0.1, 0.15) is 17.4 Å². The quantitative estimate of drug-likeness (QED) is 0.114. The molecule has 1 unspecified atom stereocenters. The van der Waals surface area contributed by atoms with Crippen molar-refractivity contribution >= 4 is 45.9 Å². The minimum Gasteiger partial charge on any atom is -0.593 e. The Hall–Kier alpha value is -4.88. The lowest BCUT2D eigenvalue weighted by atomic mass is 10.0. The molecule has 13 heteroatoms. The van der Waals surface area contributed by atoms with Crippen LogP contribution in [0.2, 0.25) is 0 Å². The molecule has 0 aliphatic heterocycles. The summed E-state index contributed by atoms with van der Waals surface area (Å²) in [6, 6.07) is 3.18. The third-order valence-corrected chi connectivity index (χ3v) is 7.08. The normalized spacial score (nSPS) is 17.3. The van der Waals surface area contributed by atoms with E-state index in [4.69, 9.17) is 10.1 Å². The third kappa shape index (κ3) is 7.74. The van der Waals surface area contributed by atoms with Crippen LogP contribution in [0.3, 0.4) is 0 Å². The van der Waals surface area contributed by atoms with Crippen molar-refractivity contribution in [2.24, 2.45) is 5.41 Å². The number of halogens is 2. The Morgan fingerprint density at radius 2 is 2.02 bits per heavy atom. The molecule has 1 atom stereocenters. The number of pyridine rings is 2. The zero-order valence-electron chi connectivity index (χ0n) is 23.9. The van der Waals surface area contributed by atoms with Gasteiger partial charge in [-0.15, -0.1) is 0 Å². The van der Waals surface area contributed by atoms with Crippen molar-refractivity contribution in [3.05, 3.63) is 108 Å². The summed E-state index contributed by atoms with van der Waals surface area (Å²) in [6.45, 7) is 1.74. The molecule has 44 heavy (non-hydrogen) atoms. The molecule has 4 N–H and O–H groups in total. The molecule has 2 aliphatic carbocycles. The van der Waals surface area contributed by atoms with Crippen LogP contribution in [0, 0.1) is 10.8 Å². The lowest BCUT2D eigenvalue weighted by Gasteiger charge is -2.16. The fourth-order valence-electron chi connectivity index (χ4n) is 4.19.